The van der Waals surface area contributed by atoms with Crippen molar-refractivity contribution in [1.82, 2.24) is 24.8 Å². The first-order valence-electron chi connectivity index (χ1n) is 9.78. The lowest BCUT2D eigenvalue weighted by Gasteiger charge is -2.37. The van der Waals surface area contributed by atoms with Gasteiger partial charge in [-0.25, -0.2) is 9.97 Å². The molecule has 0 atom stereocenters. The van der Waals surface area contributed by atoms with Crippen LogP contribution < -0.4 is 11.1 Å². The second kappa shape index (κ2) is 7.39. The first-order valence-corrected chi connectivity index (χ1v) is 9.78. The summed E-state index contributed by atoms with van der Waals surface area (Å²) >= 11 is 0. The van der Waals surface area contributed by atoms with E-state index in [4.69, 9.17) is 20.1 Å². The summed E-state index contributed by atoms with van der Waals surface area (Å²) in [5.74, 6) is 1.42. The molecule has 0 aromatic carbocycles. The first-order chi connectivity index (χ1) is 15.2. The fourth-order valence-electron chi connectivity index (χ4n) is 3.77. The van der Waals surface area contributed by atoms with Gasteiger partial charge in [-0.15, -0.1) is 0 Å². The van der Waals surface area contributed by atoms with Crippen molar-refractivity contribution < 1.29 is 9.52 Å². The topological polar surface area (TPSA) is 154 Å². The number of hydrogen-bond donors (Lipinski definition) is 4. The predicted molar refractivity (Wildman–Crippen MR) is 116 cm³/mol. The van der Waals surface area contributed by atoms with Gasteiger partial charge in [0.15, 0.2) is 11.6 Å². The van der Waals surface area contributed by atoms with Gasteiger partial charge >= 0.3 is 0 Å². The lowest BCUT2D eigenvalue weighted by molar-refractivity contribution is 0.248. The maximum Gasteiger partial charge on any atom is 0.182 e. The molecule has 5 N–H and O–H groups in total. The van der Waals surface area contributed by atoms with Crippen LogP contribution >= 0.6 is 0 Å². The molecule has 31 heavy (non-hydrogen) atoms. The van der Waals surface area contributed by atoms with Crippen LogP contribution in [0, 0.1) is 11.3 Å². The van der Waals surface area contributed by atoms with Crippen molar-refractivity contribution in [3.8, 4) is 17.7 Å². The molecule has 0 radical (unpaired) electrons. The monoisotopic (exact) mass is 416 g/mol. The molecule has 1 aliphatic rings. The van der Waals surface area contributed by atoms with E-state index >= 15 is 0 Å². The van der Waals surface area contributed by atoms with Crippen LogP contribution in [0.5, 0.6) is 0 Å². The van der Waals surface area contributed by atoms with Crippen molar-refractivity contribution in [1.29, 1.82) is 5.26 Å². The summed E-state index contributed by atoms with van der Waals surface area (Å²) in [6, 6.07) is 7.58. The van der Waals surface area contributed by atoms with Gasteiger partial charge in [-0.3, -0.25) is 9.56 Å². The SMILES string of the molecule is N#CCC1(N=CC(=CN)n2c(-c3ccc(CO)o3)nc3cnc4[nH]ccc4c32)CNC1. The van der Waals surface area contributed by atoms with Crippen LogP contribution in [0.15, 0.2) is 46.2 Å². The largest absolute Gasteiger partial charge is 0.455 e. The molecule has 0 saturated carbocycles. The first kappa shape index (κ1) is 19.0. The highest BCUT2D eigenvalue weighted by molar-refractivity contribution is 6.11. The average Bonchev–Trinajstić information content (AvgIpc) is 3.49. The Hall–Kier alpha value is -3.94. The van der Waals surface area contributed by atoms with Crippen LogP contribution in [-0.4, -0.2) is 49.5 Å². The van der Waals surface area contributed by atoms with Gasteiger partial charge in [-0.2, -0.15) is 5.26 Å². The maximum atomic E-state index is 9.41. The standard InChI is InChI=1S/C21H20N8O2/c22-5-4-21(11-24-12-21)27-8-13(7-23)29-18-15-3-6-25-19(15)26-9-16(18)28-20(29)17-2-1-14(10-30)31-17/h1-3,6-9,24,30H,4,10-12,23H2,(H,25,26). The van der Waals surface area contributed by atoms with Crippen molar-refractivity contribution >= 4 is 34.0 Å². The van der Waals surface area contributed by atoms with Crippen LogP contribution in [0.25, 0.3) is 39.3 Å². The number of aromatic nitrogens is 4. The van der Waals surface area contributed by atoms with Crippen LogP contribution in [0.3, 0.4) is 0 Å². The molecular formula is C21H20N8O2. The number of nitriles is 1. The number of aliphatic hydroxyl groups is 1. The van der Waals surface area contributed by atoms with E-state index in [1.807, 2.05) is 16.8 Å². The number of aliphatic imine (C=N–C) groups is 1. The Balaban J connectivity index is 1.72. The lowest BCUT2D eigenvalue weighted by Crippen LogP contribution is -2.58. The van der Waals surface area contributed by atoms with Crippen LogP contribution in [0.4, 0.5) is 0 Å². The van der Waals surface area contributed by atoms with E-state index in [-0.39, 0.29) is 6.61 Å². The Kier molecular flexibility index (Phi) is 4.54. The Labute approximate surface area is 176 Å². The molecule has 0 spiro atoms. The van der Waals surface area contributed by atoms with Gasteiger partial charge < -0.3 is 25.6 Å². The molecule has 1 fully saturated rings. The van der Waals surface area contributed by atoms with E-state index < -0.39 is 5.54 Å². The third-order valence-electron chi connectivity index (χ3n) is 5.45. The number of pyridine rings is 1. The van der Waals surface area contributed by atoms with Gasteiger partial charge in [0.05, 0.1) is 35.4 Å². The second-order valence-electron chi connectivity index (χ2n) is 7.44. The number of allylic oxidation sites excluding steroid dienone is 1. The number of nitrogens with one attached hydrogen (secondary N) is 2. The van der Waals surface area contributed by atoms with Crippen molar-refractivity contribution in [3.05, 3.63) is 42.6 Å². The second-order valence-corrected chi connectivity index (χ2v) is 7.44. The number of aliphatic hydroxyl groups excluding tert-OH is 1. The van der Waals surface area contributed by atoms with E-state index in [2.05, 4.69) is 21.4 Å². The third kappa shape index (κ3) is 3.07. The van der Waals surface area contributed by atoms with Crippen molar-refractivity contribution in [2.45, 2.75) is 18.6 Å². The normalized spacial score (nSPS) is 16.2. The fourth-order valence-corrected chi connectivity index (χ4v) is 3.77. The number of H-pyrrole nitrogens is 1. The van der Waals surface area contributed by atoms with Gasteiger partial charge in [0, 0.05) is 37.1 Å². The van der Waals surface area contributed by atoms with Gasteiger partial charge in [-0.1, -0.05) is 0 Å². The quantitative estimate of drug-likeness (QED) is 0.349. The molecule has 0 aliphatic carbocycles. The summed E-state index contributed by atoms with van der Waals surface area (Å²) in [6.45, 7) is 1.06. The number of furan rings is 1. The zero-order chi connectivity index (χ0) is 21.4. The number of fused-ring (bicyclic) bond motifs is 3. The highest BCUT2D eigenvalue weighted by Crippen LogP contribution is 2.32. The van der Waals surface area contributed by atoms with E-state index in [0.29, 0.717) is 53.7 Å². The van der Waals surface area contributed by atoms with E-state index in [0.717, 1.165) is 10.9 Å². The number of imidazole rings is 1. The Morgan fingerprint density at radius 3 is 2.97 bits per heavy atom. The predicted octanol–water partition coefficient (Wildman–Crippen LogP) is 1.75. The molecule has 5 heterocycles. The minimum Gasteiger partial charge on any atom is -0.455 e. The van der Waals surface area contributed by atoms with Gasteiger partial charge in [0.2, 0.25) is 0 Å². The van der Waals surface area contributed by atoms with E-state index in [9.17, 15) is 10.4 Å². The van der Waals surface area contributed by atoms with E-state index in [1.165, 1.54) is 6.20 Å². The van der Waals surface area contributed by atoms with Crippen LogP contribution in [-0.2, 0) is 6.61 Å². The molecule has 5 rings (SSSR count). The fraction of sp³-hybridized carbons (Fsp3) is 0.238. The zero-order valence-corrected chi connectivity index (χ0v) is 16.5. The maximum absolute atomic E-state index is 9.41. The minimum atomic E-state index is -0.459. The molecule has 0 bridgehead atoms. The molecule has 0 amide bonds. The molecular weight excluding hydrogens is 396 g/mol. The summed E-state index contributed by atoms with van der Waals surface area (Å²) < 4.78 is 7.63. The van der Waals surface area contributed by atoms with Gasteiger partial charge in [0.1, 0.15) is 23.5 Å². The number of nitrogens with two attached hydrogens (primary N) is 1. The Morgan fingerprint density at radius 2 is 2.29 bits per heavy atom. The lowest BCUT2D eigenvalue weighted by atomic mass is 9.90. The molecule has 1 aliphatic heterocycles. The molecule has 0 unspecified atom stereocenters. The third-order valence-corrected chi connectivity index (χ3v) is 5.45. The van der Waals surface area contributed by atoms with Crippen molar-refractivity contribution in [3.63, 3.8) is 0 Å². The summed E-state index contributed by atoms with van der Waals surface area (Å²) in [4.78, 5) is 17.0. The Morgan fingerprint density at radius 1 is 1.42 bits per heavy atom. The minimum absolute atomic E-state index is 0.214. The molecule has 4 aromatic heterocycles. The molecule has 10 heteroatoms. The smallest absolute Gasteiger partial charge is 0.182 e. The van der Waals surface area contributed by atoms with Crippen molar-refractivity contribution in [2.75, 3.05) is 13.1 Å². The van der Waals surface area contributed by atoms with Crippen molar-refractivity contribution in [2.24, 2.45) is 10.7 Å². The highest BCUT2D eigenvalue weighted by Gasteiger charge is 2.36. The van der Waals surface area contributed by atoms with Gasteiger partial charge in [-0.05, 0) is 18.2 Å². The summed E-state index contributed by atoms with van der Waals surface area (Å²) in [5.41, 5.74) is 8.34. The number of nitrogens with zero attached hydrogens (tertiary/aromatic N) is 5. The number of rotatable bonds is 6. The summed E-state index contributed by atoms with van der Waals surface area (Å²) in [7, 11) is 0. The van der Waals surface area contributed by atoms with E-state index in [1.54, 1.807) is 24.5 Å². The molecule has 4 aromatic rings. The number of aromatic amines is 1. The van der Waals surface area contributed by atoms with Crippen LogP contribution in [0.2, 0.25) is 0 Å². The molecule has 10 nitrogen and oxygen atoms in total. The average molecular weight is 416 g/mol. The Bertz CT molecular complexity index is 1360. The summed E-state index contributed by atoms with van der Waals surface area (Å²) in [6.07, 6.45) is 6.94. The number of hydrogen-bond acceptors (Lipinski definition) is 8. The van der Waals surface area contributed by atoms with Gasteiger partial charge in [0.25, 0.3) is 0 Å². The zero-order valence-electron chi connectivity index (χ0n) is 16.5. The molecule has 1 saturated heterocycles. The molecule has 156 valence electrons. The van der Waals surface area contributed by atoms with Crippen LogP contribution in [0.1, 0.15) is 12.2 Å². The highest BCUT2D eigenvalue weighted by atomic mass is 16.4. The summed E-state index contributed by atoms with van der Waals surface area (Å²) in [5, 5.41) is 22.6.